The van der Waals surface area contributed by atoms with Crippen molar-refractivity contribution in [2.45, 2.75) is 24.4 Å². The highest BCUT2D eigenvalue weighted by molar-refractivity contribution is 9.10. The van der Waals surface area contributed by atoms with Gasteiger partial charge in [0.05, 0.1) is 10.4 Å². The number of hydrogen-bond donors (Lipinski definition) is 0. The van der Waals surface area contributed by atoms with Crippen molar-refractivity contribution in [1.29, 1.82) is 0 Å². The molecule has 2 aliphatic heterocycles. The zero-order chi connectivity index (χ0) is 14.8. The van der Waals surface area contributed by atoms with Crippen LogP contribution < -0.4 is 4.90 Å². The summed E-state index contributed by atoms with van der Waals surface area (Å²) in [5.74, 6) is 1.35. The van der Waals surface area contributed by atoms with Crippen LogP contribution in [0, 0.1) is 5.92 Å². The van der Waals surface area contributed by atoms with Crippen molar-refractivity contribution in [3.63, 3.8) is 0 Å². The molecule has 1 atom stereocenters. The Morgan fingerprint density at radius 3 is 2.86 bits per heavy atom. The Morgan fingerprint density at radius 2 is 2.14 bits per heavy atom. The van der Waals surface area contributed by atoms with Gasteiger partial charge in [-0.15, -0.1) is 0 Å². The second-order valence-corrected chi connectivity index (χ2v) is 7.12. The molecule has 3 rings (SSSR count). The minimum Gasteiger partial charge on any atom is -0.355 e. The first-order valence-electron chi connectivity index (χ1n) is 7.29. The van der Waals surface area contributed by atoms with E-state index in [0.29, 0.717) is 5.91 Å². The molecule has 0 spiro atoms. The summed E-state index contributed by atoms with van der Waals surface area (Å²) in [5.41, 5.74) is 0. The van der Waals surface area contributed by atoms with Crippen molar-refractivity contribution < 1.29 is 4.79 Å². The summed E-state index contributed by atoms with van der Waals surface area (Å²) < 4.78 is 0.898. The number of amides is 1. The molecule has 0 saturated carbocycles. The first-order valence-corrected chi connectivity index (χ1v) is 9.31. The number of anilines is 1. The van der Waals surface area contributed by atoms with Crippen LogP contribution in [-0.4, -0.2) is 53.2 Å². The minimum atomic E-state index is 0.114. The van der Waals surface area contributed by atoms with Crippen molar-refractivity contribution in [3.8, 4) is 0 Å². The van der Waals surface area contributed by atoms with Crippen LogP contribution in [0.3, 0.4) is 0 Å². The second-order valence-electron chi connectivity index (χ2n) is 5.49. The monoisotopic (exact) mass is 370 g/mol. The van der Waals surface area contributed by atoms with Gasteiger partial charge < -0.3 is 9.80 Å². The van der Waals surface area contributed by atoms with Gasteiger partial charge in [-0.1, -0.05) is 11.8 Å². The lowest BCUT2D eigenvalue weighted by Crippen LogP contribution is -2.35. The van der Waals surface area contributed by atoms with Crippen molar-refractivity contribution >= 4 is 39.4 Å². The van der Waals surface area contributed by atoms with E-state index in [0.717, 1.165) is 60.9 Å². The molecule has 2 fully saturated rings. The van der Waals surface area contributed by atoms with Crippen molar-refractivity contribution in [3.05, 3.63) is 10.7 Å². The maximum atomic E-state index is 12.5. The quantitative estimate of drug-likeness (QED) is 0.603. The van der Waals surface area contributed by atoms with Gasteiger partial charge in [0, 0.05) is 32.4 Å². The summed E-state index contributed by atoms with van der Waals surface area (Å²) in [7, 11) is 0. The predicted molar refractivity (Wildman–Crippen MR) is 87.6 cm³/mol. The van der Waals surface area contributed by atoms with E-state index in [4.69, 9.17) is 0 Å². The van der Waals surface area contributed by atoms with Crippen molar-refractivity contribution in [1.82, 2.24) is 14.9 Å². The van der Waals surface area contributed by atoms with E-state index >= 15 is 0 Å². The lowest BCUT2D eigenvalue weighted by atomic mass is 10.1. The number of carbonyl (C=O) groups is 1. The third-order valence-corrected chi connectivity index (χ3v) is 5.26. The number of halogens is 1. The van der Waals surface area contributed by atoms with E-state index in [9.17, 15) is 4.79 Å². The fourth-order valence-electron chi connectivity index (χ4n) is 3.01. The number of nitrogens with zero attached hydrogens (tertiary/aromatic N) is 4. The topological polar surface area (TPSA) is 49.3 Å². The van der Waals surface area contributed by atoms with Gasteiger partial charge in [0.2, 0.25) is 5.91 Å². The van der Waals surface area contributed by atoms with E-state index < -0.39 is 0 Å². The largest absolute Gasteiger partial charge is 0.355 e. The summed E-state index contributed by atoms with van der Waals surface area (Å²) in [4.78, 5) is 25.5. The van der Waals surface area contributed by atoms with Crippen LogP contribution in [0.5, 0.6) is 0 Å². The molecule has 0 aliphatic carbocycles. The van der Waals surface area contributed by atoms with E-state index in [2.05, 4.69) is 30.8 Å². The lowest BCUT2D eigenvalue weighted by molar-refractivity contribution is -0.133. The molecule has 114 valence electrons. The second kappa shape index (κ2) is 6.52. The molecular formula is C14H19BrN4OS. The lowest BCUT2D eigenvalue weighted by Gasteiger charge is -2.21. The Labute approximate surface area is 137 Å². The number of likely N-dealkylation sites (tertiary alicyclic amines) is 1. The molecule has 3 heterocycles. The third-order valence-electron chi connectivity index (χ3n) is 4.14. The first kappa shape index (κ1) is 15.1. The molecule has 1 aromatic rings. The Hall–Kier alpha value is -0.820. The number of aromatic nitrogens is 2. The Balaban J connectivity index is 1.70. The van der Waals surface area contributed by atoms with Crippen LogP contribution in [0.25, 0.3) is 0 Å². The van der Waals surface area contributed by atoms with E-state index in [1.54, 1.807) is 6.20 Å². The molecule has 2 saturated heterocycles. The molecule has 1 amide bonds. The minimum absolute atomic E-state index is 0.114. The standard InChI is InChI=1S/C14H19BrN4OS/c1-21-14-16-8-11(15)12(17-14)19-7-4-10(9-19)13(20)18-5-2-3-6-18/h8,10H,2-7,9H2,1H3. The van der Waals surface area contributed by atoms with Gasteiger partial charge in [-0.2, -0.15) is 0 Å². The van der Waals surface area contributed by atoms with Gasteiger partial charge in [0.25, 0.3) is 0 Å². The smallest absolute Gasteiger partial charge is 0.227 e. The normalized spacial score (nSPS) is 22.1. The highest BCUT2D eigenvalue weighted by atomic mass is 79.9. The molecule has 0 bridgehead atoms. The average molecular weight is 371 g/mol. The summed E-state index contributed by atoms with van der Waals surface area (Å²) in [6, 6.07) is 0. The van der Waals surface area contributed by atoms with E-state index in [-0.39, 0.29) is 5.92 Å². The Kier molecular flexibility index (Phi) is 4.69. The zero-order valence-electron chi connectivity index (χ0n) is 12.1. The summed E-state index contributed by atoms with van der Waals surface area (Å²) in [6.45, 7) is 3.51. The van der Waals surface area contributed by atoms with Gasteiger partial charge in [-0.05, 0) is 41.4 Å². The first-order chi connectivity index (χ1) is 10.2. The molecule has 0 radical (unpaired) electrons. The Bertz CT molecular complexity index is 536. The van der Waals surface area contributed by atoms with Crippen LogP contribution in [0.2, 0.25) is 0 Å². The predicted octanol–water partition coefficient (Wildman–Crippen LogP) is 2.41. The fourth-order valence-corrected chi connectivity index (χ4v) is 3.79. The van der Waals surface area contributed by atoms with Crippen molar-refractivity contribution in [2.24, 2.45) is 5.92 Å². The zero-order valence-corrected chi connectivity index (χ0v) is 14.5. The SMILES string of the molecule is CSc1ncc(Br)c(N2CCC(C(=O)N3CCCC3)C2)n1. The number of carbonyl (C=O) groups excluding carboxylic acids is 1. The van der Waals surface area contributed by atoms with Gasteiger partial charge >= 0.3 is 0 Å². The molecule has 1 aromatic heterocycles. The molecule has 0 N–H and O–H groups in total. The maximum absolute atomic E-state index is 12.5. The maximum Gasteiger partial charge on any atom is 0.227 e. The van der Waals surface area contributed by atoms with Crippen LogP contribution in [0.1, 0.15) is 19.3 Å². The van der Waals surface area contributed by atoms with Gasteiger partial charge in [-0.25, -0.2) is 9.97 Å². The van der Waals surface area contributed by atoms with Crippen LogP contribution in [0.15, 0.2) is 15.8 Å². The fraction of sp³-hybridized carbons (Fsp3) is 0.643. The Morgan fingerprint density at radius 1 is 1.38 bits per heavy atom. The molecule has 5 nitrogen and oxygen atoms in total. The highest BCUT2D eigenvalue weighted by Crippen LogP contribution is 2.30. The number of hydrogen-bond acceptors (Lipinski definition) is 5. The van der Waals surface area contributed by atoms with Gasteiger partial charge in [-0.3, -0.25) is 4.79 Å². The summed E-state index contributed by atoms with van der Waals surface area (Å²) >= 11 is 5.05. The molecule has 7 heteroatoms. The summed E-state index contributed by atoms with van der Waals surface area (Å²) in [6.07, 6.45) is 6.98. The van der Waals surface area contributed by atoms with Crippen LogP contribution in [0.4, 0.5) is 5.82 Å². The molecular weight excluding hydrogens is 352 g/mol. The molecule has 21 heavy (non-hydrogen) atoms. The third kappa shape index (κ3) is 3.18. The van der Waals surface area contributed by atoms with E-state index in [1.807, 2.05) is 11.2 Å². The molecule has 2 aliphatic rings. The highest BCUT2D eigenvalue weighted by Gasteiger charge is 2.33. The number of thioether (sulfide) groups is 1. The van der Waals surface area contributed by atoms with Gasteiger partial charge in [0.15, 0.2) is 5.16 Å². The van der Waals surface area contributed by atoms with Crippen molar-refractivity contribution in [2.75, 3.05) is 37.3 Å². The molecule has 1 unspecified atom stereocenters. The van der Waals surface area contributed by atoms with Gasteiger partial charge in [0.1, 0.15) is 5.82 Å². The van der Waals surface area contributed by atoms with Crippen LogP contribution >= 0.6 is 27.7 Å². The molecule has 0 aromatic carbocycles. The summed E-state index contributed by atoms with van der Waals surface area (Å²) in [5, 5.41) is 0.766. The van der Waals surface area contributed by atoms with Crippen LogP contribution in [-0.2, 0) is 4.79 Å². The van der Waals surface area contributed by atoms with E-state index in [1.165, 1.54) is 11.8 Å². The number of rotatable bonds is 3. The average Bonchev–Trinajstić information content (AvgIpc) is 3.19.